The van der Waals surface area contributed by atoms with Gasteiger partial charge in [0.1, 0.15) is 5.52 Å². The van der Waals surface area contributed by atoms with Crippen LogP contribution in [0.2, 0.25) is 0 Å². The minimum Gasteiger partial charge on any atom is -0.325 e. The quantitative estimate of drug-likeness (QED) is 0.790. The van der Waals surface area contributed by atoms with Crippen LogP contribution < -0.4 is 5.56 Å². The van der Waals surface area contributed by atoms with Crippen LogP contribution in [0.5, 0.6) is 0 Å². The number of aromatic amines is 1. The van der Waals surface area contributed by atoms with Crippen LogP contribution >= 0.6 is 0 Å². The van der Waals surface area contributed by atoms with E-state index in [1.165, 1.54) is 0 Å². The van der Waals surface area contributed by atoms with Crippen molar-refractivity contribution in [1.29, 1.82) is 0 Å². The summed E-state index contributed by atoms with van der Waals surface area (Å²) in [6.07, 6.45) is 11.4. The van der Waals surface area contributed by atoms with Crippen molar-refractivity contribution in [2.24, 2.45) is 0 Å². The Kier molecular flexibility index (Phi) is 5.01. The highest BCUT2D eigenvalue weighted by Crippen LogP contribution is 2.04. The van der Waals surface area contributed by atoms with E-state index in [0.717, 1.165) is 5.69 Å². The van der Waals surface area contributed by atoms with Crippen LogP contribution in [-0.4, -0.2) is 9.38 Å². The SMILES string of the molecule is C/C=C\C=C/c1c[nH]c(=O)c2cccn12.CC. The molecule has 0 amide bonds. The first-order chi connectivity index (χ1) is 8.33. The molecule has 0 aliphatic rings. The number of nitrogens with one attached hydrogen (secondary N) is 1. The van der Waals surface area contributed by atoms with Gasteiger partial charge < -0.3 is 9.38 Å². The fourth-order valence-electron chi connectivity index (χ4n) is 1.47. The third-order valence-electron chi connectivity index (χ3n) is 2.18. The average Bonchev–Trinajstić information content (AvgIpc) is 2.85. The van der Waals surface area contributed by atoms with Gasteiger partial charge in [0.25, 0.3) is 5.56 Å². The summed E-state index contributed by atoms with van der Waals surface area (Å²) in [5.41, 5.74) is 1.55. The minimum absolute atomic E-state index is 0.0665. The summed E-state index contributed by atoms with van der Waals surface area (Å²) >= 11 is 0. The van der Waals surface area contributed by atoms with E-state index in [9.17, 15) is 4.79 Å². The third kappa shape index (κ3) is 2.97. The van der Waals surface area contributed by atoms with Gasteiger partial charge in [-0.25, -0.2) is 0 Å². The molecule has 2 heterocycles. The maximum Gasteiger partial charge on any atom is 0.272 e. The zero-order chi connectivity index (χ0) is 12.7. The third-order valence-corrected chi connectivity index (χ3v) is 2.18. The molecule has 17 heavy (non-hydrogen) atoms. The Labute approximate surface area is 101 Å². The van der Waals surface area contributed by atoms with Crippen molar-refractivity contribution in [3.05, 3.63) is 58.8 Å². The van der Waals surface area contributed by atoms with Crippen LogP contribution in [0.1, 0.15) is 26.5 Å². The predicted octanol–water partition coefficient (Wildman–Crippen LogP) is 3.24. The molecule has 0 saturated carbocycles. The molecule has 1 N–H and O–H groups in total. The van der Waals surface area contributed by atoms with Crippen LogP contribution in [0.15, 0.2) is 47.5 Å². The molecule has 2 aromatic rings. The molecule has 0 fully saturated rings. The van der Waals surface area contributed by atoms with Gasteiger partial charge in [0.05, 0.1) is 5.69 Å². The van der Waals surface area contributed by atoms with E-state index in [1.54, 1.807) is 12.3 Å². The molecule has 3 nitrogen and oxygen atoms in total. The molecular formula is C14H18N2O. The molecule has 0 bridgehead atoms. The Morgan fingerprint density at radius 2 is 2.06 bits per heavy atom. The first-order valence-corrected chi connectivity index (χ1v) is 5.81. The fraction of sp³-hybridized carbons (Fsp3) is 0.214. The van der Waals surface area contributed by atoms with Crippen molar-refractivity contribution < 1.29 is 0 Å². The van der Waals surface area contributed by atoms with Crippen molar-refractivity contribution >= 4 is 11.6 Å². The lowest BCUT2D eigenvalue weighted by Gasteiger charge is -1.99. The second-order valence-electron chi connectivity index (χ2n) is 3.19. The zero-order valence-electron chi connectivity index (χ0n) is 10.5. The molecule has 2 aromatic heterocycles. The number of hydrogen-bond donors (Lipinski definition) is 1. The van der Waals surface area contributed by atoms with Crippen LogP contribution in [0.3, 0.4) is 0 Å². The molecule has 3 heteroatoms. The Morgan fingerprint density at radius 1 is 1.29 bits per heavy atom. The number of fused-ring (bicyclic) bond motifs is 1. The van der Waals surface area contributed by atoms with Crippen LogP contribution in [0.4, 0.5) is 0 Å². The molecule has 90 valence electrons. The molecule has 0 unspecified atom stereocenters. The smallest absolute Gasteiger partial charge is 0.272 e. The Hall–Kier alpha value is -2.03. The van der Waals surface area contributed by atoms with Gasteiger partial charge >= 0.3 is 0 Å². The summed E-state index contributed by atoms with van der Waals surface area (Å²) in [6.45, 7) is 5.96. The highest BCUT2D eigenvalue weighted by Gasteiger charge is 1.99. The van der Waals surface area contributed by atoms with Crippen LogP contribution in [0.25, 0.3) is 11.6 Å². The lowest BCUT2D eigenvalue weighted by Crippen LogP contribution is -2.09. The molecule has 0 saturated heterocycles. The van der Waals surface area contributed by atoms with E-state index in [1.807, 2.05) is 61.7 Å². The molecule has 0 atom stereocenters. The van der Waals surface area contributed by atoms with E-state index in [0.29, 0.717) is 5.52 Å². The van der Waals surface area contributed by atoms with Gasteiger partial charge in [-0.05, 0) is 25.1 Å². The average molecular weight is 230 g/mol. The molecule has 0 spiro atoms. The van der Waals surface area contributed by atoms with Crippen molar-refractivity contribution in [1.82, 2.24) is 9.38 Å². The number of aromatic nitrogens is 2. The Morgan fingerprint density at radius 3 is 2.76 bits per heavy atom. The first-order valence-electron chi connectivity index (χ1n) is 5.81. The van der Waals surface area contributed by atoms with Gasteiger partial charge in [0.2, 0.25) is 0 Å². The summed E-state index contributed by atoms with van der Waals surface area (Å²) in [7, 11) is 0. The van der Waals surface area contributed by atoms with Crippen LogP contribution in [0, 0.1) is 0 Å². The molecule has 0 aliphatic carbocycles. The topological polar surface area (TPSA) is 37.3 Å². The summed E-state index contributed by atoms with van der Waals surface area (Å²) in [5, 5.41) is 0. The van der Waals surface area contributed by atoms with Gasteiger partial charge in [-0.3, -0.25) is 4.79 Å². The molecule has 0 radical (unpaired) electrons. The largest absolute Gasteiger partial charge is 0.325 e. The second-order valence-corrected chi connectivity index (χ2v) is 3.19. The monoisotopic (exact) mass is 230 g/mol. The fourth-order valence-corrected chi connectivity index (χ4v) is 1.47. The normalized spacial score (nSPS) is 11.0. The van der Waals surface area contributed by atoms with Crippen molar-refractivity contribution in [3.63, 3.8) is 0 Å². The second kappa shape index (κ2) is 6.53. The predicted molar refractivity (Wildman–Crippen MR) is 73.2 cm³/mol. The van der Waals surface area contributed by atoms with Gasteiger partial charge in [-0.15, -0.1) is 0 Å². The molecule has 2 rings (SSSR count). The maximum atomic E-state index is 11.4. The van der Waals surface area contributed by atoms with Gasteiger partial charge in [0.15, 0.2) is 0 Å². The van der Waals surface area contributed by atoms with Gasteiger partial charge in [-0.2, -0.15) is 0 Å². The summed E-state index contributed by atoms with van der Waals surface area (Å²) in [4.78, 5) is 14.1. The lowest BCUT2D eigenvalue weighted by molar-refractivity contribution is 1.09. The molecular weight excluding hydrogens is 212 g/mol. The zero-order valence-corrected chi connectivity index (χ0v) is 10.5. The highest BCUT2D eigenvalue weighted by molar-refractivity contribution is 5.54. The van der Waals surface area contributed by atoms with Gasteiger partial charge in [-0.1, -0.05) is 32.1 Å². The summed E-state index contributed by atoms with van der Waals surface area (Å²) < 4.78 is 1.86. The lowest BCUT2D eigenvalue weighted by atomic mass is 10.3. The van der Waals surface area contributed by atoms with E-state index in [4.69, 9.17) is 0 Å². The summed E-state index contributed by atoms with van der Waals surface area (Å²) in [5.74, 6) is 0. The van der Waals surface area contributed by atoms with Gasteiger partial charge in [0, 0.05) is 12.4 Å². The van der Waals surface area contributed by atoms with E-state index in [-0.39, 0.29) is 5.56 Å². The highest BCUT2D eigenvalue weighted by atomic mass is 16.1. The number of H-pyrrole nitrogens is 1. The number of rotatable bonds is 2. The standard InChI is InChI=1S/C12H12N2O.C2H6/c1-2-3-4-6-10-9-13-12(15)11-7-5-8-14(10)11;1-2/h2-9H,1H3,(H,13,15);1-2H3/b3-2-,6-4-;. The molecule has 0 aliphatic heterocycles. The summed E-state index contributed by atoms with van der Waals surface area (Å²) in [6, 6.07) is 3.66. The Balaban J connectivity index is 0.000000686. The van der Waals surface area contributed by atoms with Crippen molar-refractivity contribution in [2.75, 3.05) is 0 Å². The molecule has 0 aromatic carbocycles. The van der Waals surface area contributed by atoms with Crippen molar-refractivity contribution in [3.8, 4) is 0 Å². The minimum atomic E-state index is -0.0665. The number of allylic oxidation sites excluding steroid dienone is 3. The first kappa shape index (κ1) is 13.0. The van der Waals surface area contributed by atoms with E-state index in [2.05, 4.69) is 4.98 Å². The number of nitrogens with zero attached hydrogens (tertiary/aromatic N) is 1. The van der Waals surface area contributed by atoms with Crippen molar-refractivity contribution in [2.45, 2.75) is 20.8 Å². The van der Waals surface area contributed by atoms with E-state index >= 15 is 0 Å². The van der Waals surface area contributed by atoms with E-state index < -0.39 is 0 Å². The maximum absolute atomic E-state index is 11.4. The number of hydrogen-bond acceptors (Lipinski definition) is 1. The van der Waals surface area contributed by atoms with Crippen LogP contribution in [-0.2, 0) is 0 Å². The Bertz CT molecular complexity index is 573.